The Labute approximate surface area is 174 Å². The summed E-state index contributed by atoms with van der Waals surface area (Å²) in [5.74, 6) is 1.29. The molecule has 1 heterocycles. The number of carbonyl (C=O) groups excluding carboxylic acids is 1. The first-order chi connectivity index (χ1) is 14.4. The van der Waals surface area contributed by atoms with E-state index >= 15 is 0 Å². The van der Waals surface area contributed by atoms with Crippen LogP contribution in [-0.2, 0) is 9.53 Å². The Morgan fingerprint density at radius 1 is 1.07 bits per heavy atom. The van der Waals surface area contributed by atoms with E-state index in [1.54, 1.807) is 57.2 Å². The van der Waals surface area contributed by atoms with Gasteiger partial charge in [0.05, 0.1) is 18.6 Å². The maximum atomic E-state index is 13.0. The van der Waals surface area contributed by atoms with Gasteiger partial charge in [-0.05, 0) is 52.0 Å². The van der Waals surface area contributed by atoms with Gasteiger partial charge in [-0.1, -0.05) is 12.1 Å². The van der Waals surface area contributed by atoms with Crippen LogP contribution < -0.4 is 19.6 Å². The fourth-order valence-electron chi connectivity index (χ4n) is 2.89. The van der Waals surface area contributed by atoms with E-state index in [1.165, 1.54) is 0 Å². The minimum absolute atomic E-state index is 0.0863. The average Bonchev–Trinajstić information content (AvgIpc) is 2.72. The van der Waals surface area contributed by atoms with Gasteiger partial charge in [0.15, 0.2) is 17.6 Å². The fraction of sp³-hybridized carbons (Fsp3) is 0.304. The maximum Gasteiger partial charge on any atom is 0.347 e. The van der Waals surface area contributed by atoms with E-state index in [0.29, 0.717) is 40.6 Å². The van der Waals surface area contributed by atoms with Crippen LogP contribution >= 0.6 is 0 Å². The largest absolute Gasteiger partial charge is 0.490 e. The highest BCUT2D eigenvalue weighted by atomic mass is 16.6. The molecular weight excluding hydrogens is 388 g/mol. The standard InChI is InChI=1S/C23H24O7/c1-5-26-18-9-7-8-10-19(18)30-22-14(3)29-20-13-16(11-12-17(20)21(22)24)28-15(4)23(25)27-6-2/h7-13,15H,5-6H2,1-4H3. The Hall–Kier alpha value is -3.48. The summed E-state index contributed by atoms with van der Waals surface area (Å²) in [4.78, 5) is 24.8. The molecule has 0 saturated carbocycles. The molecule has 7 nitrogen and oxygen atoms in total. The van der Waals surface area contributed by atoms with Crippen molar-refractivity contribution in [2.75, 3.05) is 13.2 Å². The fourth-order valence-corrected chi connectivity index (χ4v) is 2.89. The van der Waals surface area contributed by atoms with Crippen LogP contribution in [0.4, 0.5) is 0 Å². The summed E-state index contributed by atoms with van der Waals surface area (Å²) in [5.41, 5.74) is 0.0153. The number of hydrogen-bond acceptors (Lipinski definition) is 7. The first kappa shape index (κ1) is 21.2. The van der Waals surface area contributed by atoms with Gasteiger partial charge in [0, 0.05) is 6.07 Å². The van der Waals surface area contributed by atoms with E-state index in [4.69, 9.17) is 23.4 Å². The zero-order valence-electron chi connectivity index (χ0n) is 17.4. The van der Waals surface area contributed by atoms with Crippen LogP contribution in [0.3, 0.4) is 0 Å². The van der Waals surface area contributed by atoms with Crippen LogP contribution in [0.2, 0.25) is 0 Å². The molecule has 0 aliphatic carbocycles. The molecule has 30 heavy (non-hydrogen) atoms. The first-order valence-electron chi connectivity index (χ1n) is 9.75. The van der Waals surface area contributed by atoms with Crippen molar-refractivity contribution in [3.63, 3.8) is 0 Å². The number of carbonyl (C=O) groups is 1. The number of hydrogen-bond donors (Lipinski definition) is 0. The normalized spacial score (nSPS) is 11.7. The lowest BCUT2D eigenvalue weighted by Gasteiger charge is -2.14. The molecule has 0 amide bonds. The molecule has 0 bridgehead atoms. The van der Waals surface area contributed by atoms with Crippen LogP contribution in [0.15, 0.2) is 51.7 Å². The van der Waals surface area contributed by atoms with Gasteiger partial charge in [0.2, 0.25) is 11.2 Å². The van der Waals surface area contributed by atoms with Crippen molar-refractivity contribution < 1.29 is 28.2 Å². The summed E-state index contributed by atoms with van der Waals surface area (Å²) < 4.78 is 27.8. The smallest absolute Gasteiger partial charge is 0.347 e. The topological polar surface area (TPSA) is 84.2 Å². The van der Waals surface area contributed by atoms with Gasteiger partial charge in [-0.2, -0.15) is 0 Å². The zero-order valence-corrected chi connectivity index (χ0v) is 17.4. The number of esters is 1. The van der Waals surface area contributed by atoms with Crippen molar-refractivity contribution in [3.05, 3.63) is 58.4 Å². The monoisotopic (exact) mass is 412 g/mol. The molecule has 1 atom stereocenters. The lowest BCUT2D eigenvalue weighted by atomic mass is 10.2. The summed E-state index contributed by atoms with van der Waals surface area (Å²) in [6.45, 7) is 7.58. The minimum Gasteiger partial charge on any atom is -0.490 e. The molecule has 1 unspecified atom stereocenters. The molecule has 3 aromatic rings. The quantitative estimate of drug-likeness (QED) is 0.499. The zero-order chi connectivity index (χ0) is 21.7. The van der Waals surface area contributed by atoms with Crippen LogP contribution in [-0.4, -0.2) is 25.3 Å². The van der Waals surface area contributed by atoms with Gasteiger partial charge in [0.1, 0.15) is 17.1 Å². The highest BCUT2D eigenvalue weighted by Gasteiger charge is 2.19. The van der Waals surface area contributed by atoms with Crippen LogP contribution in [0, 0.1) is 6.92 Å². The van der Waals surface area contributed by atoms with Crippen molar-refractivity contribution in [1.82, 2.24) is 0 Å². The van der Waals surface area contributed by atoms with E-state index in [1.807, 2.05) is 13.0 Å². The SMILES string of the molecule is CCOC(=O)C(C)Oc1ccc2c(=O)c(Oc3ccccc3OCC)c(C)oc2c1. The van der Waals surface area contributed by atoms with Gasteiger partial charge in [0.25, 0.3) is 0 Å². The van der Waals surface area contributed by atoms with Crippen molar-refractivity contribution in [2.45, 2.75) is 33.8 Å². The molecule has 2 aromatic carbocycles. The predicted molar refractivity (Wildman–Crippen MR) is 112 cm³/mol. The molecule has 0 saturated heterocycles. The number of benzene rings is 2. The molecule has 1 aromatic heterocycles. The minimum atomic E-state index is -0.784. The van der Waals surface area contributed by atoms with E-state index < -0.39 is 12.1 Å². The lowest BCUT2D eigenvalue weighted by molar-refractivity contribution is -0.150. The Balaban J connectivity index is 1.93. The Morgan fingerprint density at radius 2 is 1.80 bits per heavy atom. The number of aryl methyl sites for hydroxylation is 1. The predicted octanol–water partition coefficient (Wildman–Crippen LogP) is 4.62. The van der Waals surface area contributed by atoms with Gasteiger partial charge in [-0.15, -0.1) is 0 Å². The second-order valence-corrected chi connectivity index (χ2v) is 6.47. The lowest BCUT2D eigenvalue weighted by Crippen LogP contribution is -2.26. The van der Waals surface area contributed by atoms with Crippen molar-refractivity contribution in [3.8, 4) is 23.0 Å². The van der Waals surface area contributed by atoms with Crippen LogP contribution in [0.5, 0.6) is 23.0 Å². The molecule has 0 aliphatic rings. The molecule has 158 valence electrons. The molecule has 0 aliphatic heterocycles. The van der Waals surface area contributed by atoms with E-state index in [-0.39, 0.29) is 17.8 Å². The number of rotatable bonds is 8. The third kappa shape index (κ3) is 4.56. The van der Waals surface area contributed by atoms with Crippen molar-refractivity contribution in [2.24, 2.45) is 0 Å². The Morgan fingerprint density at radius 3 is 2.50 bits per heavy atom. The number of para-hydroxylation sites is 2. The van der Waals surface area contributed by atoms with Gasteiger partial charge in [-0.25, -0.2) is 4.79 Å². The number of fused-ring (bicyclic) bond motifs is 1. The van der Waals surface area contributed by atoms with E-state index in [0.717, 1.165) is 0 Å². The second-order valence-electron chi connectivity index (χ2n) is 6.47. The highest BCUT2D eigenvalue weighted by Crippen LogP contribution is 2.33. The highest BCUT2D eigenvalue weighted by molar-refractivity contribution is 5.80. The molecule has 0 spiro atoms. The first-order valence-corrected chi connectivity index (χ1v) is 9.75. The third-order valence-electron chi connectivity index (χ3n) is 4.28. The molecule has 0 radical (unpaired) electrons. The van der Waals surface area contributed by atoms with Crippen molar-refractivity contribution >= 4 is 16.9 Å². The summed E-state index contributed by atoms with van der Waals surface area (Å²) in [7, 11) is 0. The summed E-state index contributed by atoms with van der Waals surface area (Å²) in [5, 5.41) is 0.334. The molecule has 0 fully saturated rings. The Kier molecular flexibility index (Phi) is 6.61. The van der Waals surface area contributed by atoms with Crippen LogP contribution in [0.1, 0.15) is 26.5 Å². The van der Waals surface area contributed by atoms with Crippen LogP contribution in [0.25, 0.3) is 11.0 Å². The number of ether oxygens (including phenoxy) is 4. The molecule has 7 heteroatoms. The molecular formula is C23H24O7. The van der Waals surface area contributed by atoms with Crippen molar-refractivity contribution in [1.29, 1.82) is 0 Å². The second kappa shape index (κ2) is 9.35. The Bertz CT molecular complexity index is 1100. The third-order valence-corrected chi connectivity index (χ3v) is 4.28. The van der Waals surface area contributed by atoms with E-state index in [2.05, 4.69) is 0 Å². The molecule has 0 N–H and O–H groups in total. The summed E-state index contributed by atoms with van der Waals surface area (Å²) in [6, 6.07) is 11.9. The maximum absolute atomic E-state index is 13.0. The van der Waals surface area contributed by atoms with Gasteiger partial charge < -0.3 is 23.4 Å². The summed E-state index contributed by atoms with van der Waals surface area (Å²) >= 11 is 0. The van der Waals surface area contributed by atoms with Gasteiger partial charge >= 0.3 is 5.97 Å². The van der Waals surface area contributed by atoms with E-state index in [9.17, 15) is 9.59 Å². The average molecular weight is 412 g/mol. The molecule has 3 rings (SSSR count). The summed E-state index contributed by atoms with van der Waals surface area (Å²) in [6.07, 6.45) is -0.784. The van der Waals surface area contributed by atoms with Gasteiger partial charge in [-0.3, -0.25) is 4.79 Å².